The van der Waals surface area contributed by atoms with E-state index in [1.165, 1.54) is 23.5 Å². The molecule has 1 amide bonds. The van der Waals surface area contributed by atoms with Crippen molar-refractivity contribution in [1.29, 1.82) is 0 Å². The molecule has 1 heterocycles. The average Bonchev–Trinajstić information content (AvgIpc) is 3.67. The van der Waals surface area contributed by atoms with Gasteiger partial charge in [-0.05, 0) is 66.7 Å². The van der Waals surface area contributed by atoms with Crippen molar-refractivity contribution in [2.75, 3.05) is 32.3 Å². The minimum Gasteiger partial charge on any atom is -0.497 e. The summed E-state index contributed by atoms with van der Waals surface area (Å²) in [7, 11) is 3.28. The van der Waals surface area contributed by atoms with E-state index in [1.807, 2.05) is 58.8 Å². The molecule has 0 spiro atoms. The first kappa shape index (κ1) is 22.2. The highest BCUT2D eigenvalue weighted by Crippen LogP contribution is 2.43. The number of rotatable bonds is 9. The second-order valence-corrected chi connectivity index (χ2v) is 10.4. The Morgan fingerprint density at radius 2 is 1.71 bits per heavy atom. The van der Waals surface area contributed by atoms with Crippen LogP contribution in [0.15, 0.2) is 42.5 Å². The molecule has 1 aliphatic carbocycles. The predicted molar refractivity (Wildman–Crippen MR) is 127 cm³/mol. The van der Waals surface area contributed by atoms with Gasteiger partial charge in [-0.1, -0.05) is 12.1 Å². The van der Waals surface area contributed by atoms with Crippen molar-refractivity contribution in [3.05, 3.63) is 53.6 Å². The van der Waals surface area contributed by atoms with Gasteiger partial charge in [0.15, 0.2) is 6.61 Å². The van der Waals surface area contributed by atoms with Gasteiger partial charge < -0.3 is 19.1 Å². The van der Waals surface area contributed by atoms with Gasteiger partial charge in [0.25, 0.3) is 5.91 Å². The molecule has 4 rings (SSSR count). The molecular weight excluding hydrogens is 430 g/mol. The monoisotopic (exact) mass is 459 g/mol. The lowest BCUT2D eigenvalue weighted by molar-refractivity contribution is -0.134. The Morgan fingerprint density at radius 1 is 1.00 bits per heavy atom. The van der Waals surface area contributed by atoms with Crippen molar-refractivity contribution in [2.24, 2.45) is 0 Å². The lowest BCUT2D eigenvalue weighted by Gasteiger charge is -2.24. The SMILES string of the molecule is COc1ccc(OC)c(CN(C(=O)COc2ccc(C3SCCCS3)cc2)C2CC2)c1. The topological polar surface area (TPSA) is 48.0 Å². The highest BCUT2D eigenvalue weighted by molar-refractivity contribution is 8.16. The van der Waals surface area contributed by atoms with Gasteiger partial charge in [-0.3, -0.25) is 4.79 Å². The largest absolute Gasteiger partial charge is 0.497 e. The van der Waals surface area contributed by atoms with Gasteiger partial charge in [0.1, 0.15) is 17.2 Å². The number of hydrogen-bond donors (Lipinski definition) is 0. The molecule has 0 N–H and O–H groups in total. The van der Waals surface area contributed by atoms with Gasteiger partial charge in [-0.25, -0.2) is 0 Å². The molecule has 1 aliphatic heterocycles. The maximum Gasteiger partial charge on any atom is 0.261 e. The summed E-state index contributed by atoms with van der Waals surface area (Å²) < 4.78 is 17.2. The summed E-state index contributed by atoms with van der Waals surface area (Å²) in [5.41, 5.74) is 2.26. The number of nitrogens with zero attached hydrogens (tertiary/aromatic N) is 1. The number of thioether (sulfide) groups is 2. The van der Waals surface area contributed by atoms with E-state index in [9.17, 15) is 4.79 Å². The molecular formula is C24H29NO4S2. The van der Waals surface area contributed by atoms with E-state index in [1.54, 1.807) is 14.2 Å². The number of ether oxygens (including phenoxy) is 3. The van der Waals surface area contributed by atoms with Gasteiger partial charge in [0.05, 0.1) is 18.8 Å². The molecule has 5 nitrogen and oxygen atoms in total. The second kappa shape index (κ2) is 10.6. The van der Waals surface area contributed by atoms with Crippen molar-refractivity contribution in [3.63, 3.8) is 0 Å². The third kappa shape index (κ3) is 5.83. The molecule has 2 aliphatic rings. The van der Waals surface area contributed by atoms with E-state index < -0.39 is 0 Å². The average molecular weight is 460 g/mol. The molecule has 0 radical (unpaired) electrons. The Hall–Kier alpha value is -1.99. The van der Waals surface area contributed by atoms with Crippen molar-refractivity contribution in [3.8, 4) is 17.2 Å². The molecule has 1 saturated heterocycles. The highest BCUT2D eigenvalue weighted by atomic mass is 32.2. The van der Waals surface area contributed by atoms with Crippen LogP contribution in [0, 0.1) is 0 Å². The van der Waals surface area contributed by atoms with E-state index >= 15 is 0 Å². The smallest absolute Gasteiger partial charge is 0.261 e. The van der Waals surface area contributed by atoms with Gasteiger partial charge >= 0.3 is 0 Å². The molecule has 7 heteroatoms. The van der Waals surface area contributed by atoms with Gasteiger partial charge in [0, 0.05) is 18.2 Å². The molecule has 166 valence electrons. The first-order valence-electron chi connectivity index (χ1n) is 10.6. The Bertz CT molecular complexity index is 880. The lowest BCUT2D eigenvalue weighted by Crippen LogP contribution is -2.36. The Balaban J connectivity index is 1.37. The van der Waals surface area contributed by atoms with E-state index in [0.717, 1.165) is 35.7 Å². The highest BCUT2D eigenvalue weighted by Gasteiger charge is 2.33. The minimum absolute atomic E-state index is 0.00478. The Kier molecular flexibility index (Phi) is 7.56. The fourth-order valence-electron chi connectivity index (χ4n) is 3.63. The summed E-state index contributed by atoms with van der Waals surface area (Å²) in [6.07, 6.45) is 3.35. The minimum atomic E-state index is -0.00478. The van der Waals surface area contributed by atoms with Gasteiger partial charge in [0.2, 0.25) is 0 Å². The van der Waals surface area contributed by atoms with Crippen LogP contribution in [0.3, 0.4) is 0 Å². The van der Waals surface area contributed by atoms with Crippen LogP contribution < -0.4 is 14.2 Å². The zero-order valence-corrected chi connectivity index (χ0v) is 19.7. The Morgan fingerprint density at radius 3 is 2.35 bits per heavy atom. The second-order valence-electron chi connectivity index (χ2n) is 7.72. The number of carbonyl (C=O) groups excluding carboxylic acids is 1. The van der Waals surface area contributed by atoms with Crippen LogP contribution in [0.4, 0.5) is 0 Å². The molecule has 0 unspecified atom stereocenters. The van der Waals surface area contributed by atoms with Crippen molar-refractivity contribution in [1.82, 2.24) is 4.90 Å². The normalized spacial score (nSPS) is 16.6. The van der Waals surface area contributed by atoms with Crippen molar-refractivity contribution in [2.45, 2.75) is 36.4 Å². The zero-order valence-electron chi connectivity index (χ0n) is 18.0. The van der Waals surface area contributed by atoms with Crippen LogP contribution in [0.5, 0.6) is 17.2 Å². The molecule has 0 atom stereocenters. The third-order valence-electron chi connectivity index (χ3n) is 5.48. The van der Waals surface area contributed by atoms with E-state index in [4.69, 9.17) is 14.2 Å². The standard InChI is InChI=1S/C24H29NO4S2/c1-27-21-10-11-22(28-2)18(14-21)15-25(19-6-7-19)23(26)16-29-20-8-4-17(5-9-20)24-30-12-3-13-31-24/h4-5,8-11,14,19,24H,3,6-7,12-13,15-16H2,1-2H3. The molecule has 0 bridgehead atoms. The van der Waals surface area contributed by atoms with Crippen LogP contribution in [-0.2, 0) is 11.3 Å². The summed E-state index contributed by atoms with van der Waals surface area (Å²) in [5.74, 6) is 4.69. The Labute approximate surface area is 192 Å². The van der Waals surface area contributed by atoms with Crippen LogP contribution in [-0.4, -0.2) is 49.2 Å². The van der Waals surface area contributed by atoms with Gasteiger partial charge in [-0.2, -0.15) is 0 Å². The van der Waals surface area contributed by atoms with Gasteiger partial charge in [-0.15, -0.1) is 23.5 Å². The summed E-state index contributed by atoms with van der Waals surface area (Å²) in [4.78, 5) is 14.9. The van der Waals surface area contributed by atoms with Crippen molar-refractivity contribution < 1.29 is 19.0 Å². The maximum atomic E-state index is 13.0. The number of hydrogen-bond acceptors (Lipinski definition) is 6. The number of amides is 1. The molecule has 2 fully saturated rings. The number of carbonyl (C=O) groups is 1. The molecule has 2 aromatic rings. The zero-order chi connectivity index (χ0) is 21.6. The fraction of sp³-hybridized carbons (Fsp3) is 0.458. The molecule has 1 saturated carbocycles. The quantitative estimate of drug-likeness (QED) is 0.517. The number of methoxy groups -OCH3 is 2. The summed E-state index contributed by atoms with van der Waals surface area (Å²) in [6.45, 7) is 0.525. The molecule has 31 heavy (non-hydrogen) atoms. The van der Waals surface area contributed by atoms with E-state index in [2.05, 4.69) is 12.1 Å². The van der Waals surface area contributed by atoms with E-state index in [0.29, 0.717) is 11.1 Å². The first-order chi connectivity index (χ1) is 15.2. The lowest BCUT2D eigenvalue weighted by atomic mass is 10.1. The van der Waals surface area contributed by atoms with Crippen LogP contribution >= 0.6 is 23.5 Å². The maximum absolute atomic E-state index is 13.0. The first-order valence-corrected chi connectivity index (χ1v) is 12.7. The van der Waals surface area contributed by atoms with Crippen LogP contribution in [0.25, 0.3) is 0 Å². The van der Waals surface area contributed by atoms with Crippen molar-refractivity contribution >= 4 is 29.4 Å². The van der Waals surface area contributed by atoms with Crippen LogP contribution in [0.1, 0.15) is 35.0 Å². The molecule has 0 aromatic heterocycles. The third-order valence-corrected chi connectivity index (χ3v) is 8.49. The van der Waals surface area contributed by atoms with E-state index in [-0.39, 0.29) is 18.6 Å². The summed E-state index contributed by atoms with van der Waals surface area (Å²) in [6, 6.07) is 14.1. The molecule has 2 aromatic carbocycles. The summed E-state index contributed by atoms with van der Waals surface area (Å²) >= 11 is 4.01. The summed E-state index contributed by atoms with van der Waals surface area (Å²) in [5, 5.41) is 0. The predicted octanol–water partition coefficient (Wildman–Crippen LogP) is 5.14. The number of benzene rings is 2. The fourth-order valence-corrected chi connectivity index (χ4v) is 6.52. The van der Waals surface area contributed by atoms with Crippen LogP contribution in [0.2, 0.25) is 0 Å².